The van der Waals surface area contributed by atoms with Crippen LogP contribution in [0.5, 0.6) is 0 Å². The molecule has 76 valence electrons. The predicted octanol–water partition coefficient (Wildman–Crippen LogP) is 2.87. The largest absolute Gasteiger partial charge is 0.396 e. The highest BCUT2D eigenvalue weighted by Crippen LogP contribution is 2.40. The fourth-order valence-corrected chi connectivity index (χ4v) is 2.67. The molecule has 0 heterocycles. The van der Waals surface area contributed by atoms with Crippen LogP contribution >= 0.6 is 11.8 Å². The molecule has 0 aliphatic heterocycles. The average Bonchev–Trinajstić information content (AvgIpc) is 3.01. The van der Waals surface area contributed by atoms with E-state index in [1.165, 1.54) is 23.3 Å². The Labute approximate surface area is 89.5 Å². The van der Waals surface area contributed by atoms with Gasteiger partial charge in [-0.05, 0) is 37.3 Å². The van der Waals surface area contributed by atoms with Gasteiger partial charge in [0, 0.05) is 16.8 Å². The summed E-state index contributed by atoms with van der Waals surface area (Å²) in [5.41, 5.74) is 1.40. The molecule has 1 nitrogen and oxygen atoms in total. The maximum Gasteiger partial charge on any atom is 0.0434 e. The lowest BCUT2D eigenvalue weighted by atomic mass is 10.1. The number of rotatable bonds is 5. The number of aryl methyl sites for hydroxylation is 1. The van der Waals surface area contributed by atoms with Crippen LogP contribution in [0.1, 0.15) is 24.8 Å². The van der Waals surface area contributed by atoms with Gasteiger partial charge in [0.25, 0.3) is 0 Å². The van der Waals surface area contributed by atoms with Crippen molar-refractivity contribution in [3.63, 3.8) is 0 Å². The number of aliphatic hydroxyl groups is 1. The Morgan fingerprint density at radius 1 is 1.29 bits per heavy atom. The van der Waals surface area contributed by atoms with Gasteiger partial charge in [0.05, 0.1) is 0 Å². The first kappa shape index (κ1) is 10.1. The molecule has 2 rings (SSSR count). The fraction of sp³-hybridized carbons (Fsp3) is 0.500. The van der Waals surface area contributed by atoms with Crippen LogP contribution < -0.4 is 0 Å². The summed E-state index contributed by atoms with van der Waals surface area (Å²) < 4.78 is 0. The highest BCUT2D eigenvalue weighted by atomic mass is 32.2. The molecular formula is C12H16OS. The minimum Gasteiger partial charge on any atom is -0.396 e. The summed E-state index contributed by atoms with van der Waals surface area (Å²) in [5, 5.41) is 9.67. The van der Waals surface area contributed by atoms with Crippen LogP contribution in [0.2, 0.25) is 0 Å². The van der Waals surface area contributed by atoms with Gasteiger partial charge in [-0.1, -0.05) is 18.2 Å². The SMILES string of the molecule is OCCCc1ccccc1SC1CC1. The van der Waals surface area contributed by atoms with E-state index in [0.29, 0.717) is 6.61 Å². The molecule has 0 atom stereocenters. The van der Waals surface area contributed by atoms with Crippen molar-refractivity contribution in [1.82, 2.24) is 0 Å². The summed E-state index contributed by atoms with van der Waals surface area (Å²) in [7, 11) is 0. The highest BCUT2D eigenvalue weighted by molar-refractivity contribution is 8.00. The minimum absolute atomic E-state index is 0.294. The molecule has 2 heteroatoms. The second-order valence-electron chi connectivity index (χ2n) is 3.75. The van der Waals surface area contributed by atoms with E-state index in [1.54, 1.807) is 0 Å². The zero-order valence-electron chi connectivity index (χ0n) is 8.28. The van der Waals surface area contributed by atoms with E-state index in [1.807, 2.05) is 11.8 Å². The molecule has 1 fully saturated rings. The van der Waals surface area contributed by atoms with Crippen LogP contribution in [0.3, 0.4) is 0 Å². The lowest BCUT2D eigenvalue weighted by Crippen LogP contribution is -1.92. The Kier molecular flexibility index (Phi) is 3.49. The Morgan fingerprint density at radius 3 is 2.79 bits per heavy atom. The molecule has 1 aliphatic carbocycles. The lowest BCUT2D eigenvalue weighted by Gasteiger charge is -2.07. The van der Waals surface area contributed by atoms with Crippen molar-refractivity contribution in [1.29, 1.82) is 0 Å². The third-order valence-electron chi connectivity index (χ3n) is 2.39. The van der Waals surface area contributed by atoms with Crippen molar-refractivity contribution in [2.45, 2.75) is 35.8 Å². The summed E-state index contributed by atoms with van der Waals surface area (Å²) in [4.78, 5) is 1.42. The molecule has 0 amide bonds. The molecule has 1 aromatic carbocycles. The molecule has 0 saturated heterocycles. The number of hydrogen-bond donors (Lipinski definition) is 1. The zero-order chi connectivity index (χ0) is 9.80. The van der Waals surface area contributed by atoms with Gasteiger partial charge in [-0.15, -0.1) is 11.8 Å². The van der Waals surface area contributed by atoms with Crippen LogP contribution in [0.15, 0.2) is 29.2 Å². The van der Waals surface area contributed by atoms with Gasteiger partial charge in [0.15, 0.2) is 0 Å². The van der Waals surface area contributed by atoms with Gasteiger partial charge < -0.3 is 5.11 Å². The smallest absolute Gasteiger partial charge is 0.0434 e. The van der Waals surface area contributed by atoms with Crippen molar-refractivity contribution in [2.75, 3.05) is 6.61 Å². The van der Waals surface area contributed by atoms with Gasteiger partial charge >= 0.3 is 0 Å². The van der Waals surface area contributed by atoms with E-state index in [9.17, 15) is 0 Å². The third-order valence-corrected chi connectivity index (χ3v) is 3.85. The average molecular weight is 208 g/mol. The fourth-order valence-electron chi connectivity index (χ4n) is 1.46. The second-order valence-corrected chi connectivity index (χ2v) is 5.09. The molecule has 1 aliphatic rings. The number of benzene rings is 1. The van der Waals surface area contributed by atoms with Crippen molar-refractivity contribution >= 4 is 11.8 Å². The van der Waals surface area contributed by atoms with Crippen LogP contribution in [-0.2, 0) is 6.42 Å². The Balaban J connectivity index is 2.02. The number of hydrogen-bond acceptors (Lipinski definition) is 2. The van der Waals surface area contributed by atoms with Gasteiger partial charge in [-0.2, -0.15) is 0 Å². The molecular weight excluding hydrogens is 192 g/mol. The molecule has 0 spiro atoms. The van der Waals surface area contributed by atoms with E-state index < -0.39 is 0 Å². The normalized spacial score (nSPS) is 15.8. The lowest BCUT2D eigenvalue weighted by molar-refractivity contribution is 0.288. The summed E-state index contributed by atoms with van der Waals surface area (Å²) in [5.74, 6) is 0. The van der Waals surface area contributed by atoms with E-state index in [2.05, 4.69) is 24.3 Å². The topological polar surface area (TPSA) is 20.2 Å². The third kappa shape index (κ3) is 2.76. The van der Waals surface area contributed by atoms with Crippen molar-refractivity contribution in [3.8, 4) is 0 Å². The molecule has 0 aromatic heterocycles. The van der Waals surface area contributed by atoms with Gasteiger partial charge in [-0.25, -0.2) is 0 Å². The molecule has 14 heavy (non-hydrogen) atoms. The highest BCUT2D eigenvalue weighted by Gasteiger charge is 2.23. The molecule has 1 aromatic rings. The van der Waals surface area contributed by atoms with Crippen LogP contribution in [0.4, 0.5) is 0 Å². The van der Waals surface area contributed by atoms with E-state index in [-0.39, 0.29) is 0 Å². The Morgan fingerprint density at radius 2 is 2.07 bits per heavy atom. The standard InChI is InChI=1S/C12H16OS/c13-9-3-5-10-4-1-2-6-12(10)14-11-7-8-11/h1-2,4,6,11,13H,3,5,7-9H2. The summed E-state index contributed by atoms with van der Waals surface area (Å²) in [6.45, 7) is 0.294. The number of thioether (sulfide) groups is 1. The maximum atomic E-state index is 8.81. The van der Waals surface area contributed by atoms with Gasteiger partial charge in [0.2, 0.25) is 0 Å². The quantitative estimate of drug-likeness (QED) is 0.803. The predicted molar refractivity (Wildman–Crippen MR) is 60.7 cm³/mol. The summed E-state index contributed by atoms with van der Waals surface area (Å²) in [6, 6.07) is 8.58. The first-order valence-electron chi connectivity index (χ1n) is 5.25. The zero-order valence-corrected chi connectivity index (χ0v) is 9.09. The van der Waals surface area contributed by atoms with E-state index in [0.717, 1.165) is 18.1 Å². The van der Waals surface area contributed by atoms with Crippen LogP contribution in [0.25, 0.3) is 0 Å². The molecule has 0 radical (unpaired) electrons. The maximum absolute atomic E-state index is 8.81. The molecule has 0 bridgehead atoms. The first-order valence-corrected chi connectivity index (χ1v) is 6.13. The summed E-state index contributed by atoms with van der Waals surface area (Å²) in [6.07, 6.45) is 4.63. The molecule has 1 N–H and O–H groups in total. The van der Waals surface area contributed by atoms with Gasteiger partial charge in [-0.3, -0.25) is 0 Å². The van der Waals surface area contributed by atoms with Crippen molar-refractivity contribution in [3.05, 3.63) is 29.8 Å². The Bertz CT molecular complexity index is 294. The summed E-state index contributed by atoms with van der Waals surface area (Å²) >= 11 is 2.00. The van der Waals surface area contributed by atoms with Gasteiger partial charge in [0.1, 0.15) is 0 Å². The number of aliphatic hydroxyl groups excluding tert-OH is 1. The van der Waals surface area contributed by atoms with E-state index in [4.69, 9.17) is 5.11 Å². The van der Waals surface area contributed by atoms with Crippen LogP contribution in [-0.4, -0.2) is 17.0 Å². The van der Waals surface area contributed by atoms with Crippen molar-refractivity contribution in [2.24, 2.45) is 0 Å². The van der Waals surface area contributed by atoms with Crippen molar-refractivity contribution < 1.29 is 5.11 Å². The second kappa shape index (κ2) is 4.85. The van der Waals surface area contributed by atoms with E-state index >= 15 is 0 Å². The first-order chi connectivity index (χ1) is 6.90. The Hall–Kier alpha value is -0.470. The molecule has 1 saturated carbocycles. The van der Waals surface area contributed by atoms with Crippen LogP contribution in [0, 0.1) is 0 Å². The minimum atomic E-state index is 0.294. The molecule has 0 unspecified atom stereocenters. The monoisotopic (exact) mass is 208 g/mol.